The third-order valence-corrected chi connectivity index (χ3v) is 7.46. The highest BCUT2D eigenvalue weighted by atomic mass is 16.7. The molecule has 8 nitrogen and oxygen atoms in total. The number of nitrogens with one attached hydrogen (secondary N) is 1. The van der Waals surface area contributed by atoms with Crippen LogP contribution in [-0.2, 0) is 31.1 Å². The molecule has 230 valence electrons. The van der Waals surface area contributed by atoms with Crippen molar-refractivity contribution in [3.8, 4) is 0 Å². The van der Waals surface area contributed by atoms with Crippen molar-refractivity contribution in [2.45, 2.75) is 51.1 Å². The average molecular weight is 595 g/mol. The zero-order valence-corrected chi connectivity index (χ0v) is 25.5. The molecular weight excluding hydrogens is 552 g/mol. The van der Waals surface area contributed by atoms with Crippen LogP contribution in [0.15, 0.2) is 116 Å². The Labute approximate surface area is 260 Å². The van der Waals surface area contributed by atoms with Gasteiger partial charge >= 0.3 is 0 Å². The van der Waals surface area contributed by atoms with E-state index in [0.717, 1.165) is 22.3 Å². The molecule has 0 aliphatic heterocycles. The van der Waals surface area contributed by atoms with Gasteiger partial charge in [0.2, 0.25) is 11.8 Å². The van der Waals surface area contributed by atoms with Crippen molar-refractivity contribution < 1.29 is 19.1 Å². The van der Waals surface area contributed by atoms with Crippen LogP contribution < -0.4 is 11.1 Å². The van der Waals surface area contributed by atoms with Gasteiger partial charge in [0.1, 0.15) is 5.54 Å². The fourth-order valence-electron chi connectivity index (χ4n) is 5.34. The molecule has 0 fully saturated rings. The van der Waals surface area contributed by atoms with Crippen molar-refractivity contribution in [1.82, 2.24) is 15.2 Å². The highest BCUT2D eigenvalue weighted by Gasteiger charge is 2.38. The quantitative estimate of drug-likeness (QED) is 0.139. The van der Waals surface area contributed by atoms with Crippen LogP contribution in [-0.4, -0.2) is 53.8 Å². The number of benzene rings is 3. The molecule has 1 aromatic heterocycles. The van der Waals surface area contributed by atoms with Gasteiger partial charge in [-0.3, -0.25) is 14.6 Å². The van der Waals surface area contributed by atoms with E-state index in [9.17, 15) is 9.59 Å². The molecule has 2 amide bonds. The van der Waals surface area contributed by atoms with E-state index < -0.39 is 17.9 Å². The Morgan fingerprint density at radius 2 is 1.27 bits per heavy atom. The second-order valence-corrected chi connectivity index (χ2v) is 10.5. The summed E-state index contributed by atoms with van der Waals surface area (Å²) >= 11 is 0. The van der Waals surface area contributed by atoms with Gasteiger partial charge in [0.25, 0.3) is 0 Å². The molecular formula is C36H42N4O4. The van der Waals surface area contributed by atoms with E-state index in [1.807, 2.05) is 117 Å². The molecule has 8 heteroatoms. The number of pyridine rings is 1. The van der Waals surface area contributed by atoms with E-state index in [1.54, 1.807) is 17.3 Å². The first kappa shape index (κ1) is 32.5. The van der Waals surface area contributed by atoms with Gasteiger partial charge in [0.05, 0.1) is 12.6 Å². The van der Waals surface area contributed by atoms with Gasteiger partial charge in [-0.1, -0.05) is 91.0 Å². The number of nitrogens with zero attached hydrogens (tertiary/aromatic N) is 2. The summed E-state index contributed by atoms with van der Waals surface area (Å²) in [7, 11) is 0. The van der Waals surface area contributed by atoms with Gasteiger partial charge in [-0.05, 0) is 54.7 Å². The second-order valence-electron chi connectivity index (χ2n) is 10.5. The predicted octanol–water partition coefficient (Wildman–Crippen LogP) is 5.03. The minimum atomic E-state index is -0.940. The van der Waals surface area contributed by atoms with Crippen LogP contribution in [0.2, 0.25) is 0 Å². The first-order valence-electron chi connectivity index (χ1n) is 15.1. The Morgan fingerprint density at radius 1 is 0.795 bits per heavy atom. The molecule has 4 aromatic rings. The van der Waals surface area contributed by atoms with Crippen LogP contribution in [0.1, 0.15) is 48.9 Å². The van der Waals surface area contributed by atoms with E-state index in [0.29, 0.717) is 19.8 Å². The van der Waals surface area contributed by atoms with E-state index in [-0.39, 0.29) is 31.2 Å². The van der Waals surface area contributed by atoms with Gasteiger partial charge in [0, 0.05) is 38.6 Å². The third kappa shape index (κ3) is 8.38. The molecule has 0 unspecified atom stereocenters. The number of amides is 2. The zero-order valence-electron chi connectivity index (χ0n) is 25.5. The Hall–Kier alpha value is -4.37. The smallest absolute Gasteiger partial charge is 0.239 e. The average Bonchev–Trinajstić information content (AvgIpc) is 3.07. The van der Waals surface area contributed by atoms with Gasteiger partial charge in [-0.15, -0.1) is 0 Å². The molecule has 4 rings (SSSR count). The summed E-state index contributed by atoms with van der Waals surface area (Å²) in [5.41, 5.74) is 9.21. The molecule has 44 heavy (non-hydrogen) atoms. The van der Waals surface area contributed by atoms with Gasteiger partial charge in [0.15, 0.2) is 6.29 Å². The SMILES string of the molecule is CCOC(CN(Cc1ccncc1)C(=O)[C@@H](N)CCC(=O)NC(c1ccccc1)(c1ccccc1)c1ccccc1)OCC. The van der Waals surface area contributed by atoms with Crippen LogP contribution in [0, 0.1) is 0 Å². The molecule has 0 bridgehead atoms. The maximum absolute atomic E-state index is 13.8. The van der Waals surface area contributed by atoms with Crippen LogP contribution in [0.3, 0.4) is 0 Å². The summed E-state index contributed by atoms with van der Waals surface area (Å²) < 4.78 is 11.5. The van der Waals surface area contributed by atoms with Crippen molar-refractivity contribution in [3.05, 3.63) is 138 Å². The first-order valence-corrected chi connectivity index (χ1v) is 15.1. The number of rotatable bonds is 16. The standard InChI is InChI=1S/C36H42N4O4/c1-3-43-34(44-4-2)27-40(26-28-22-24-38-25-23-28)35(42)32(37)20-21-33(41)39-36(29-14-8-5-9-15-29,30-16-10-6-11-17-30)31-18-12-7-13-19-31/h5-19,22-25,32,34H,3-4,20-21,26-27,37H2,1-2H3,(H,39,41)/t32-/m0/s1. The fraction of sp³-hybridized carbons (Fsp3) is 0.306. The van der Waals surface area contributed by atoms with E-state index in [2.05, 4.69) is 10.3 Å². The predicted molar refractivity (Wildman–Crippen MR) is 171 cm³/mol. The van der Waals surface area contributed by atoms with Crippen LogP contribution >= 0.6 is 0 Å². The van der Waals surface area contributed by atoms with Crippen molar-refractivity contribution in [2.75, 3.05) is 19.8 Å². The highest BCUT2D eigenvalue weighted by Crippen LogP contribution is 2.37. The molecule has 1 atom stereocenters. The molecule has 3 aromatic carbocycles. The zero-order chi connectivity index (χ0) is 31.2. The largest absolute Gasteiger partial charge is 0.351 e. The van der Waals surface area contributed by atoms with Crippen molar-refractivity contribution in [1.29, 1.82) is 0 Å². The molecule has 0 aliphatic carbocycles. The van der Waals surface area contributed by atoms with Crippen molar-refractivity contribution in [3.63, 3.8) is 0 Å². The minimum absolute atomic E-state index is 0.0601. The molecule has 0 aliphatic rings. The van der Waals surface area contributed by atoms with Crippen LogP contribution in [0.25, 0.3) is 0 Å². The number of aromatic nitrogens is 1. The fourth-order valence-corrected chi connectivity index (χ4v) is 5.34. The second kappa shape index (κ2) is 16.5. The Balaban J connectivity index is 1.55. The summed E-state index contributed by atoms with van der Waals surface area (Å²) in [6.45, 7) is 5.18. The molecule has 1 heterocycles. The highest BCUT2D eigenvalue weighted by molar-refractivity contribution is 5.84. The molecule has 3 N–H and O–H groups in total. The maximum atomic E-state index is 13.8. The number of nitrogens with two attached hydrogens (primary N) is 1. The lowest BCUT2D eigenvalue weighted by Gasteiger charge is -2.37. The maximum Gasteiger partial charge on any atom is 0.239 e. The van der Waals surface area contributed by atoms with Crippen LogP contribution in [0.4, 0.5) is 0 Å². The molecule has 0 saturated carbocycles. The van der Waals surface area contributed by atoms with Crippen molar-refractivity contribution >= 4 is 11.8 Å². The topological polar surface area (TPSA) is 107 Å². The lowest BCUT2D eigenvalue weighted by Crippen LogP contribution is -2.49. The molecule has 0 radical (unpaired) electrons. The lowest BCUT2D eigenvalue weighted by molar-refractivity contribution is -0.160. The first-order chi connectivity index (χ1) is 21.5. The summed E-state index contributed by atoms with van der Waals surface area (Å²) in [6.07, 6.45) is 3.01. The Bertz CT molecular complexity index is 1320. The third-order valence-electron chi connectivity index (χ3n) is 7.46. The molecule has 0 saturated heterocycles. The number of hydrogen-bond acceptors (Lipinski definition) is 6. The molecule has 0 spiro atoms. The normalized spacial score (nSPS) is 12.1. The number of carbonyl (C=O) groups is 2. The van der Waals surface area contributed by atoms with Gasteiger partial charge < -0.3 is 25.4 Å². The van der Waals surface area contributed by atoms with Crippen LogP contribution in [0.5, 0.6) is 0 Å². The summed E-state index contributed by atoms with van der Waals surface area (Å²) in [5.74, 6) is -0.494. The summed E-state index contributed by atoms with van der Waals surface area (Å²) in [5, 5.41) is 3.34. The number of hydrogen-bond donors (Lipinski definition) is 2. The monoisotopic (exact) mass is 594 g/mol. The lowest BCUT2D eigenvalue weighted by atomic mass is 9.77. The van der Waals surface area contributed by atoms with E-state index in [4.69, 9.17) is 15.2 Å². The number of carbonyl (C=O) groups excluding carboxylic acids is 2. The van der Waals surface area contributed by atoms with Gasteiger partial charge in [-0.25, -0.2) is 0 Å². The minimum Gasteiger partial charge on any atom is -0.351 e. The van der Waals surface area contributed by atoms with Crippen molar-refractivity contribution in [2.24, 2.45) is 5.73 Å². The summed E-state index contributed by atoms with van der Waals surface area (Å²) in [4.78, 5) is 33.2. The van der Waals surface area contributed by atoms with E-state index in [1.165, 1.54) is 0 Å². The van der Waals surface area contributed by atoms with Gasteiger partial charge in [-0.2, -0.15) is 0 Å². The number of ether oxygens (including phenoxy) is 2. The Kier molecular flexibility index (Phi) is 12.2. The van der Waals surface area contributed by atoms with E-state index >= 15 is 0 Å². The summed E-state index contributed by atoms with van der Waals surface area (Å²) in [6, 6.07) is 32.5. The Morgan fingerprint density at radius 3 is 1.73 bits per heavy atom.